The lowest BCUT2D eigenvalue weighted by atomic mass is 9.94. The molecule has 0 bridgehead atoms. The summed E-state index contributed by atoms with van der Waals surface area (Å²) in [7, 11) is 0. The van der Waals surface area contributed by atoms with Gasteiger partial charge in [-0.3, -0.25) is 9.59 Å². The third-order valence-electron chi connectivity index (χ3n) is 6.44. The maximum absolute atomic E-state index is 12.9. The summed E-state index contributed by atoms with van der Waals surface area (Å²) >= 11 is 0. The average Bonchev–Trinajstić information content (AvgIpc) is 3.61. The minimum Gasteiger partial charge on any atom is -0.406 e. The standard InChI is InChI=1S/C25H22F3N3O3/c26-25(27,28)34-18-8-4-5-16(13-18)14-21(32)31-12-9-20-19(15-31)22(33)30-23(29-20)24(10-11-24)17-6-2-1-3-7-17/h1-8,13H,9-12,14-15H2,(H,29,30,33). The number of nitrogens with one attached hydrogen (secondary N) is 1. The number of amides is 1. The normalized spacial score (nSPS) is 16.6. The molecular weight excluding hydrogens is 447 g/mol. The highest BCUT2D eigenvalue weighted by Gasteiger charge is 2.48. The third kappa shape index (κ3) is 4.42. The van der Waals surface area contributed by atoms with Crippen molar-refractivity contribution in [2.24, 2.45) is 0 Å². The van der Waals surface area contributed by atoms with Crippen molar-refractivity contribution >= 4 is 5.91 Å². The molecule has 0 atom stereocenters. The SMILES string of the molecule is O=C(Cc1cccc(OC(F)(F)F)c1)N1CCc2nc(C3(c4ccccc4)CC3)[nH]c(=O)c2C1. The fourth-order valence-electron chi connectivity index (χ4n) is 4.55. The molecule has 2 heterocycles. The van der Waals surface area contributed by atoms with Gasteiger partial charge in [-0.2, -0.15) is 0 Å². The van der Waals surface area contributed by atoms with Gasteiger partial charge in [0.05, 0.1) is 29.6 Å². The molecule has 0 spiro atoms. The van der Waals surface area contributed by atoms with Crippen molar-refractivity contribution in [1.29, 1.82) is 0 Å². The number of nitrogens with zero attached hydrogens (tertiary/aromatic N) is 2. The Bertz CT molecular complexity index is 1280. The van der Waals surface area contributed by atoms with Gasteiger partial charge in [0.2, 0.25) is 5.91 Å². The number of carbonyl (C=O) groups is 1. The summed E-state index contributed by atoms with van der Waals surface area (Å²) in [6.07, 6.45) is -2.61. The van der Waals surface area contributed by atoms with Crippen LogP contribution in [-0.4, -0.2) is 33.7 Å². The van der Waals surface area contributed by atoms with Gasteiger partial charge in [0, 0.05) is 13.0 Å². The zero-order valence-electron chi connectivity index (χ0n) is 18.2. The van der Waals surface area contributed by atoms with Crippen molar-refractivity contribution in [3.63, 3.8) is 0 Å². The van der Waals surface area contributed by atoms with Gasteiger partial charge in [0.25, 0.3) is 5.56 Å². The zero-order valence-corrected chi connectivity index (χ0v) is 18.2. The van der Waals surface area contributed by atoms with Crippen molar-refractivity contribution in [3.8, 4) is 5.75 Å². The first-order valence-electron chi connectivity index (χ1n) is 11.0. The minimum atomic E-state index is -4.80. The van der Waals surface area contributed by atoms with Crippen LogP contribution in [-0.2, 0) is 29.6 Å². The van der Waals surface area contributed by atoms with E-state index in [2.05, 4.69) is 9.72 Å². The second kappa shape index (κ2) is 8.30. The molecule has 1 fully saturated rings. The summed E-state index contributed by atoms with van der Waals surface area (Å²) in [6.45, 7) is 0.507. The van der Waals surface area contributed by atoms with Crippen molar-refractivity contribution < 1.29 is 22.7 Å². The molecule has 34 heavy (non-hydrogen) atoms. The number of ether oxygens (including phenoxy) is 1. The van der Waals surface area contributed by atoms with E-state index >= 15 is 0 Å². The van der Waals surface area contributed by atoms with Gasteiger partial charge >= 0.3 is 6.36 Å². The molecule has 1 saturated carbocycles. The first kappa shape index (κ1) is 22.2. The molecule has 2 aromatic carbocycles. The largest absolute Gasteiger partial charge is 0.573 e. The zero-order chi connectivity index (χ0) is 23.9. The van der Waals surface area contributed by atoms with Crippen molar-refractivity contribution in [1.82, 2.24) is 14.9 Å². The number of fused-ring (bicyclic) bond motifs is 1. The van der Waals surface area contributed by atoms with Crippen LogP contribution in [0.4, 0.5) is 13.2 Å². The molecule has 6 nitrogen and oxygen atoms in total. The average molecular weight is 469 g/mol. The molecule has 1 N–H and O–H groups in total. The minimum absolute atomic E-state index is 0.0923. The van der Waals surface area contributed by atoms with E-state index in [-0.39, 0.29) is 35.6 Å². The lowest BCUT2D eigenvalue weighted by Gasteiger charge is -2.28. The second-order valence-electron chi connectivity index (χ2n) is 8.73. The number of hydrogen-bond donors (Lipinski definition) is 1. The van der Waals surface area contributed by atoms with Crippen LogP contribution >= 0.6 is 0 Å². The Morgan fingerprint density at radius 2 is 1.88 bits per heavy atom. The number of hydrogen-bond acceptors (Lipinski definition) is 4. The Morgan fingerprint density at radius 1 is 1.12 bits per heavy atom. The molecule has 1 aromatic heterocycles. The van der Waals surface area contributed by atoms with E-state index in [9.17, 15) is 22.8 Å². The van der Waals surface area contributed by atoms with Crippen LogP contribution in [0.3, 0.4) is 0 Å². The molecular formula is C25H22F3N3O3. The Hall–Kier alpha value is -3.62. The number of carbonyl (C=O) groups excluding carboxylic acids is 1. The van der Waals surface area contributed by atoms with E-state index in [1.165, 1.54) is 18.2 Å². The second-order valence-corrected chi connectivity index (χ2v) is 8.73. The lowest BCUT2D eigenvalue weighted by Crippen LogP contribution is -2.41. The fraction of sp³-hybridized carbons (Fsp3) is 0.320. The highest BCUT2D eigenvalue weighted by molar-refractivity contribution is 5.79. The van der Waals surface area contributed by atoms with E-state index < -0.39 is 6.36 Å². The molecule has 1 aliphatic heterocycles. The Kier molecular flexibility index (Phi) is 5.42. The summed E-state index contributed by atoms with van der Waals surface area (Å²) in [5, 5.41) is 0. The van der Waals surface area contributed by atoms with Crippen LogP contribution in [0.5, 0.6) is 5.75 Å². The topological polar surface area (TPSA) is 75.3 Å². The maximum Gasteiger partial charge on any atom is 0.573 e. The third-order valence-corrected chi connectivity index (χ3v) is 6.44. The summed E-state index contributed by atoms with van der Waals surface area (Å²) in [5.74, 6) is 0.0207. The molecule has 0 saturated heterocycles. The molecule has 9 heteroatoms. The Labute approximate surface area is 193 Å². The van der Waals surface area contributed by atoms with Crippen LogP contribution in [0.25, 0.3) is 0 Å². The van der Waals surface area contributed by atoms with Gasteiger partial charge < -0.3 is 14.6 Å². The molecule has 1 amide bonds. The fourth-order valence-corrected chi connectivity index (χ4v) is 4.55. The summed E-state index contributed by atoms with van der Waals surface area (Å²) in [6, 6.07) is 15.3. The van der Waals surface area contributed by atoms with E-state index in [0.29, 0.717) is 35.6 Å². The van der Waals surface area contributed by atoms with Crippen LogP contribution in [0.15, 0.2) is 59.4 Å². The quantitative estimate of drug-likeness (QED) is 0.616. The van der Waals surface area contributed by atoms with Crippen molar-refractivity contribution in [2.45, 2.75) is 44.0 Å². The van der Waals surface area contributed by atoms with Gasteiger partial charge in [-0.15, -0.1) is 13.2 Å². The van der Waals surface area contributed by atoms with Gasteiger partial charge in [0.15, 0.2) is 0 Å². The molecule has 3 aromatic rings. The number of aromatic amines is 1. The highest BCUT2D eigenvalue weighted by Crippen LogP contribution is 2.51. The molecule has 5 rings (SSSR count). The smallest absolute Gasteiger partial charge is 0.406 e. The number of H-pyrrole nitrogens is 1. The molecule has 1 aliphatic carbocycles. The number of aromatic nitrogens is 2. The van der Waals surface area contributed by atoms with Crippen molar-refractivity contribution in [2.75, 3.05) is 6.54 Å². The summed E-state index contributed by atoms with van der Waals surface area (Å²) in [4.78, 5) is 35.1. The molecule has 0 radical (unpaired) electrons. The van der Waals surface area contributed by atoms with Crippen LogP contribution < -0.4 is 10.3 Å². The predicted molar refractivity (Wildman–Crippen MR) is 117 cm³/mol. The van der Waals surface area contributed by atoms with Crippen LogP contribution in [0.2, 0.25) is 0 Å². The van der Waals surface area contributed by atoms with Crippen LogP contribution in [0, 0.1) is 0 Å². The molecule has 176 valence electrons. The number of alkyl halides is 3. The monoisotopic (exact) mass is 469 g/mol. The molecule has 0 unspecified atom stereocenters. The molecule has 2 aliphatic rings. The van der Waals surface area contributed by atoms with Gasteiger partial charge in [-0.05, 0) is 36.1 Å². The van der Waals surface area contributed by atoms with Gasteiger partial charge in [-0.1, -0.05) is 42.5 Å². The lowest BCUT2D eigenvalue weighted by molar-refractivity contribution is -0.274. The first-order chi connectivity index (χ1) is 16.2. The van der Waals surface area contributed by atoms with E-state index in [1.807, 2.05) is 30.3 Å². The summed E-state index contributed by atoms with van der Waals surface area (Å²) < 4.78 is 41.3. The highest BCUT2D eigenvalue weighted by atomic mass is 19.4. The van der Waals surface area contributed by atoms with Gasteiger partial charge in [0.1, 0.15) is 11.6 Å². The first-order valence-corrected chi connectivity index (χ1v) is 11.0. The summed E-state index contributed by atoms with van der Waals surface area (Å²) in [5.41, 5.74) is 2.18. The van der Waals surface area contributed by atoms with Gasteiger partial charge in [-0.25, -0.2) is 4.98 Å². The number of rotatable bonds is 5. The predicted octanol–water partition coefficient (Wildman–Crippen LogP) is 3.88. The van der Waals surface area contributed by atoms with Crippen LogP contribution in [0.1, 0.15) is 41.1 Å². The maximum atomic E-state index is 12.9. The number of benzene rings is 2. The Balaban J connectivity index is 1.32. The van der Waals surface area contributed by atoms with E-state index in [0.717, 1.165) is 18.4 Å². The van der Waals surface area contributed by atoms with E-state index in [1.54, 1.807) is 11.0 Å². The Morgan fingerprint density at radius 3 is 2.59 bits per heavy atom. The van der Waals surface area contributed by atoms with E-state index in [4.69, 9.17) is 4.98 Å². The van der Waals surface area contributed by atoms with Crippen molar-refractivity contribution in [3.05, 3.63) is 93.2 Å². The number of halogens is 3.